The minimum absolute atomic E-state index is 0.169. The third-order valence-electron chi connectivity index (χ3n) is 4.01. The smallest absolute Gasteiger partial charge is 0.279 e. The van der Waals surface area contributed by atoms with Gasteiger partial charge in [0, 0.05) is 17.7 Å². The van der Waals surface area contributed by atoms with E-state index in [1.54, 1.807) is 18.1 Å². The van der Waals surface area contributed by atoms with Crippen LogP contribution >= 0.6 is 0 Å². The molecule has 0 unspecified atom stereocenters. The summed E-state index contributed by atoms with van der Waals surface area (Å²) in [5, 5.41) is 8.53. The van der Waals surface area contributed by atoms with Gasteiger partial charge >= 0.3 is 0 Å². The fourth-order valence-electron chi connectivity index (χ4n) is 2.79. The number of benzene rings is 2. The van der Waals surface area contributed by atoms with Crippen LogP contribution in [0.3, 0.4) is 0 Å². The van der Waals surface area contributed by atoms with Crippen LogP contribution in [0.1, 0.15) is 18.1 Å². The molecule has 0 aliphatic carbocycles. The number of hydrogen-bond acceptors (Lipinski definition) is 4. The van der Waals surface area contributed by atoms with Gasteiger partial charge in [0.05, 0.1) is 18.5 Å². The van der Waals surface area contributed by atoms with Crippen molar-refractivity contribution in [2.45, 2.75) is 6.92 Å². The van der Waals surface area contributed by atoms with Gasteiger partial charge in [-0.15, -0.1) is 11.7 Å². The molecule has 1 amide bonds. The van der Waals surface area contributed by atoms with E-state index in [2.05, 4.69) is 16.8 Å². The second kappa shape index (κ2) is 7.13. The van der Waals surface area contributed by atoms with Gasteiger partial charge in [-0.2, -0.15) is 5.10 Å². The molecule has 0 atom stereocenters. The maximum Gasteiger partial charge on any atom is 0.279 e. The van der Waals surface area contributed by atoms with Crippen molar-refractivity contribution in [1.82, 2.24) is 0 Å². The zero-order valence-corrected chi connectivity index (χ0v) is 14.3. The Morgan fingerprint density at radius 2 is 1.92 bits per heavy atom. The fraction of sp³-hybridized carbons (Fsp3) is 0.150. The van der Waals surface area contributed by atoms with Crippen LogP contribution in [-0.2, 0) is 4.79 Å². The van der Waals surface area contributed by atoms with E-state index in [0.717, 1.165) is 22.6 Å². The number of amides is 1. The average molecular weight is 333 g/mol. The van der Waals surface area contributed by atoms with E-state index in [0.29, 0.717) is 18.0 Å². The van der Waals surface area contributed by atoms with E-state index in [1.807, 2.05) is 55.5 Å². The van der Waals surface area contributed by atoms with E-state index in [9.17, 15) is 4.79 Å². The molecular weight excluding hydrogens is 314 g/mol. The number of fused-ring (bicyclic) bond motifs is 1. The molecule has 1 aliphatic heterocycles. The van der Waals surface area contributed by atoms with Gasteiger partial charge < -0.3 is 9.64 Å². The maximum atomic E-state index is 12.7. The molecule has 0 saturated heterocycles. The van der Waals surface area contributed by atoms with E-state index in [-0.39, 0.29) is 5.91 Å². The van der Waals surface area contributed by atoms with Crippen LogP contribution in [-0.4, -0.2) is 31.0 Å². The highest BCUT2D eigenvalue weighted by Crippen LogP contribution is 2.29. The highest BCUT2D eigenvalue weighted by atomic mass is 16.5. The van der Waals surface area contributed by atoms with Crippen LogP contribution in [0.25, 0.3) is 0 Å². The number of carbonyl (C=O) groups is 1. The minimum Gasteiger partial charge on any atom is -0.496 e. The number of ether oxygens (including phenoxy) is 1. The van der Waals surface area contributed by atoms with Crippen molar-refractivity contribution in [3.63, 3.8) is 0 Å². The molecule has 25 heavy (non-hydrogen) atoms. The standard InChI is InChI=1S/C20H19N3O2/c1-4-13-23-17-11-7-5-10-16(17)19(20(23)24)22-21-14(2)15-9-6-8-12-18(15)25-3/h4-12H,1,13H2,2-3H3/b21-14-,22-19-. The molecule has 1 heterocycles. The first-order chi connectivity index (χ1) is 12.2. The minimum atomic E-state index is -0.169. The summed E-state index contributed by atoms with van der Waals surface area (Å²) in [6.07, 6.45) is 1.70. The Morgan fingerprint density at radius 1 is 1.20 bits per heavy atom. The third-order valence-corrected chi connectivity index (χ3v) is 4.01. The van der Waals surface area contributed by atoms with E-state index in [1.165, 1.54) is 0 Å². The Kier molecular flexibility index (Phi) is 4.75. The molecule has 126 valence electrons. The molecule has 0 bridgehead atoms. The lowest BCUT2D eigenvalue weighted by molar-refractivity contribution is -0.112. The van der Waals surface area contributed by atoms with E-state index in [4.69, 9.17) is 4.74 Å². The van der Waals surface area contributed by atoms with Crippen LogP contribution in [0.4, 0.5) is 5.69 Å². The number of hydrogen-bond donors (Lipinski definition) is 0. The summed E-state index contributed by atoms with van der Waals surface area (Å²) in [5.41, 5.74) is 3.47. The number of carbonyl (C=O) groups excluding carboxylic acids is 1. The van der Waals surface area contributed by atoms with Gasteiger partial charge in [0.2, 0.25) is 0 Å². The molecule has 0 spiro atoms. The van der Waals surface area contributed by atoms with Crippen molar-refractivity contribution in [3.05, 3.63) is 72.3 Å². The molecule has 1 aliphatic rings. The van der Waals surface area contributed by atoms with Gasteiger partial charge in [-0.3, -0.25) is 4.79 Å². The Hall–Kier alpha value is -3.21. The molecule has 0 radical (unpaired) electrons. The number of anilines is 1. The Balaban J connectivity index is 2.01. The second-order valence-electron chi connectivity index (χ2n) is 5.56. The second-order valence-corrected chi connectivity index (χ2v) is 5.56. The first-order valence-corrected chi connectivity index (χ1v) is 7.95. The molecular formula is C20H19N3O2. The summed E-state index contributed by atoms with van der Waals surface area (Å²) in [4.78, 5) is 14.3. The quantitative estimate of drug-likeness (QED) is 0.478. The monoisotopic (exact) mass is 333 g/mol. The zero-order chi connectivity index (χ0) is 17.8. The van der Waals surface area contributed by atoms with Crippen LogP contribution in [0.15, 0.2) is 71.4 Å². The predicted molar refractivity (Wildman–Crippen MR) is 101 cm³/mol. The van der Waals surface area contributed by atoms with Crippen molar-refractivity contribution in [1.29, 1.82) is 0 Å². The van der Waals surface area contributed by atoms with Crippen LogP contribution in [0, 0.1) is 0 Å². The summed E-state index contributed by atoms with van der Waals surface area (Å²) in [6.45, 7) is 5.99. The summed E-state index contributed by atoms with van der Waals surface area (Å²) in [5.74, 6) is 0.549. The van der Waals surface area contributed by atoms with Gasteiger partial charge in [-0.25, -0.2) is 0 Å². The number of nitrogens with zero attached hydrogens (tertiary/aromatic N) is 3. The summed E-state index contributed by atoms with van der Waals surface area (Å²) in [6, 6.07) is 15.1. The lowest BCUT2D eigenvalue weighted by Crippen LogP contribution is -2.30. The summed E-state index contributed by atoms with van der Waals surface area (Å²) >= 11 is 0. The van der Waals surface area contributed by atoms with Gasteiger partial charge in [0.15, 0.2) is 5.71 Å². The van der Waals surface area contributed by atoms with Gasteiger partial charge in [0.1, 0.15) is 5.75 Å². The van der Waals surface area contributed by atoms with Crippen LogP contribution in [0.2, 0.25) is 0 Å². The van der Waals surface area contributed by atoms with Crippen molar-refractivity contribution in [3.8, 4) is 5.75 Å². The largest absolute Gasteiger partial charge is 0.496 e. The van der Waals surface area contributed by atoms with Crippen LogP contribution in [0.5, 0.6) is 5.75 Å². The van der Waals surface area contributed by atoms with E-state index >= 15 is 0 Å². The van der Waals surface area contributed by atoms with Crippen molar-refractivity contribution in [2.24, 2.45) is 10.2 Å². The predicted octanol–water partition coefficient (Wildman–Crippen LogP) is 3.44. The molecule has 0 aromatic heterocycles. The molecule has 2 aromatic carbocycles. The maximum absolute atomic E-state index is 12.7. The molecule has 0 saturated carbocycles. The number of rotatable bonds is 5. The van der Waals surface area contributed by atoms with Gasteiger partial charge in [-0.05, 0) is 25.1 Å². The summed E-state index contributed by atoms with van der Waals surface area (Å²) < 4.78 is 5.35. The van der Waals surface area contributed by atoms with E-state index < -0.39 is 0 Å². The first kappa shape index (κ1) is 16.6. The molecule has 2 aromatic rings. The highest BCUT2D eigenvalue weighted by molar-refractivity contribution is 6.54. The zero-order valence-electron chi connectivity index (χ0n) is 14.3. The van der Waals surface area contributed by atoms with Gasteiger partial charge in [-0.1, -0.05) is 36.4 Å². The lowest BCUT2D eigenvalue weighted by atomic mass is 10.1. The highest BCUT2D eigenvalue weighted by Gasteiger charge is 2.33. The molecule has 0 N–H and O–H groups in total. The number of para-hydroxylation sites is 2. The van der Waals surface area contributed by atoms with Gasteiger partial charge in [0.25, 0.3) is 5.91 Å². The molecule has 5 heteroatoms. The van der Waals surface area contributed by atoms with Crippen molar-refractivity contribution < 1.29 is 9.53 Å². The normalized spacial score (nSPS) is 15.4. The van der Waals surface area contributed by atoms with Crippen LogP contribution < -0.4 is 9.64 Å². The SMILES string of the molecule is C=CCN1C(=O)/C(=N\N=C(\C)c2ccccc2OC)c2ccccc21. The Labute approximate surface area is 147 Å². The third kappa shape index (κ3) is 3.08. The Bertz CT molecular complexity index is 884. The first-order valence-electron chi connectivity index (χ1n) is 7.95. The molecule has 0 fully saturated rings. The Morgan fingerprint density at radius 3 is 2.68 bits per heavy atom. The summed E-state index contributed by atoms with van der Waals surface area (Å²) in [7, 11) is 1.61. The molecule has 3 rings (SSSR count). The fourth-order valence-corrected chi connectivity index (χ4v) is 2.79. The average Bonchev–Trinajstić information content (AvgIpc) is 2.92. The number of methoxy groups -OCH3 is 1. The van der Waals surface area contributed by atoms with Crippen molar-refractivity contribution in [2.75, 3.05) is 18.6 Å². The molecule has 5 nitrogen and oxygen atoms in total. The topological polar surface area (TPSA) is 54.3 Å². The lowest BCUT2D eigenvalue weighted by Gasteiger charge is -2.13. The van der Waals surface area contributed by atoms with Crippen molar-refractivity contribution >= 4 is 23.0 Å².